The zero-order chi connectivity index (χ0) is 9.30. The molecule has 0 saturated carbocycles. The predicted molar refractivity (Wildman–Crippen MR) is 53.9 cm³/mol. The van der Waals surface area contributed by atoms with Crippen molar-refractivity contribution in [1.82, 2.24) is 9.78 Å². The third-order valence-corrected chi connectivity index (χ3v) is 2.68. The molecule has 0 spiro atoms. The van der Waals surface area contributed by atoms with Gasteiger partial charge in [0.05, 0.1) is 10.2 Å². The fourth-order valence-corrected chi connectivity index (χ4v) is 1.36. The molecule has 2 N–H and O–H groups in total. The molecule has 0 amide bonds. The second-order valence-corrected chi connectivity index (χ2v) is 4.15. The van der Waals surface area contributed by atoms with Crippen molar-refractivity contribution < 1.29 is 0 Å². The first-order valence-corrected chi connectivity index (χ1v) is 4.80. The molecule has 12 heavy (non-hydrogen) atoms. The van der Waals surface area contributed by atoms with Crippen LogP contribution >= 0.6 is 15.9 Å². The van der Waals surface area contributed by atoms with E-state index in [4.69, 9.17) is 5.73 Å². The number of rotatable bonds is 2. The maximum atomic E-state index is 5.64. The van der Waals surface area contributed by atoms with Gasteiger partial charge >= 0.3 is 0 Å². The van der Waals surface area contributed by atoms with Crippen LogP contribution in [0.5, 0.6) is 0 Å². The Labute approximate surface area is 81.1 Å². The van der Waals surface area contributed by atoms with Gasteiger partial charge in [-0.1, -0.05) is 13.8 Å². The van der Waals surface area contributed by atoms with E-state index in [-0.39, 0.29) is 0 Å². The van der Waals surface area contributed by atoms with E-state index < -0.39 is 0 Å². The first-order valence-electron chi connectivity index (χ1n) is 4.00. The van der Waals surface area contributed by atoms with Crippen LogP contribution in [-0.2, 0) is 6.54 Å². The molecule has 0 radical (unpaired) electrons. The van der Waals surface area contributed by atoms with Gasteiger partial charge in [-0.05, 0) is 28.8 Å². The average Bonchev–Trinajstić information content (AvgIpc) is 2.17. The molecule has 0 bridgehead atoms. The summed E-state index contributed by atoms with van der Waals surface area (Å²) in [7, 11) is 0. The minimum absolute atomic E-state index is 0.577. The quantitative estimate of drug-likeness (QED) is 0.849. The van der Waals surface area contributed by atoms with E-state index in [0.717, 1.165) is 16.7 Å². The van der Waals surface area contributed by atoms with Crippen molar-refractivity contribution >= 4 is 21.7 Å². The highest BCUT2D eigenvalue weighted by atomic mass is 79.9. The molecule has 1 heterocycles. The zero-order valence-corrected chi connectivity index (χ0v) is 9.22. The molecule has 1 aromatic heterocycles. The normalized spacial score (nSPS) is 11.1. The summed E-state index contributed by atoms with van der Waals surface area (Å²) in [5.74, 6) is 1.17. The molecule has 0 aliphatic carbocycles. The molecule has 68 valence electrons. The second-order valence-electron chi connectivity index (χ2n) is 3.36. The molecule has 0 aliphatic rings. The van der Waals surface area contributed by atoms with Gasteiger partial charge in [-0.2, -0.15) is 5.10 Å². The van der Waals surface area contributed by atoms with Crippen LogP contribution in [0.4, 0.5) is 5.82 Å². The van der Waals surface area contributed by atoms with Gasteiger partial charge in [0.2, 0.25) is 0 Å². The molecule has 1 aromatic rings. The third-order valence-electron chi connectivity index (χ3n) is 1.70. The van der Waals surface area contributed by atoms with E-state index in [0.29, 0.717) is 11.7 Å². The van der Waals surface area contributed by atoms with Gasteiger partial charge in [0, 0.05) is 6.54 Å². The minimum atomic E-state index is 0.577. The smallest absolute Gasteiger partial charge is 0.160 e. The Hall–Kier alpha value is -0.510. The number of hydrogen-bond acceptors (Lipinski definition) is 2. The van der Waals surface area contributed by atoms with Crippen LogP contribution in [0.15, 0.2) is 4.47 Å². The third kappa shape index (κ3) is 1.80. The predicted octanol–water partition coefficient (Wildman–Crippen LogP) is 2.19. The lowest BCUT2D eigenvalue weighted by Crippen LogP contribution is -2.07. The topological polar surface area (TPSA) is 43.8 Å². The standard InChI is InChI=1S/C8H14BrN3/c1-5(2)4-12-6(3)7(9)8(10)11-12/h5H,4H2,1-3H3,(H2,10,11). The number of hydrogen-bond donors (Lipinski definition) is 1. The maximum absolute atomic E-state index is 5.64. The SMILES string of the molecule is Cc1c(Br)c(N)nn1CC(C)C. The minimum Gasteiger partial charge on any atom is -0.381 e. The summed E-state index contributed by atoms with van der Waals surface area (Å²) in [6, 6.07) is 0. The number of nitrogen functional groups attached to an aromatic ring is 1. The summed E-state index contributed by atoms with van der Waals surface area (Å²) < 4.78 is 2.85. The molecule has 3 nitrogen and oxygen atoms in total. The largest absolute Gasteiger partial charge is 0.381 e. The van der Waals surface area contributed by atoms with Gasteiger partial charge in [-0.3, -0.25) is 4.68 Å². The summed E-state index contributed by atoms with van der Waals surface area (Å²) in [4.78, 5) is 0. The van der Waals surface area contributed by atoms with E-state index in [1.807, 2.05) is 11.6 Å². The van der Waals surface area contributed by atoms with Crippen LogP contribution < -0.4 is 5.73 Å². The molecule has 0 saturated heterocycles. The zero-order valence-electron chi connectivity index (χ0n) is 7.63. The van der Waals surface area contributed by atoms with Crippen LogP contribution in [0.2, 0.25) is 0 Å². The number of halogens is 1. The summed E-state index contributed by atoms with van der Waals surface area (Å²) >= 11 is 3.38. The van der Waals surface area contributed by atoms with Crippen molar-refractivity contribution in [2.45, 2.75) is 27.3 Å². The van der Waals surface area contributed by atoms with Gasteiger partial charge in [-0.25, -0.2) is 0 Å². The fraction of sp³-hybridized carbons (Fsp3) is 0.625. The lowest BCUT2D eigenvalue weighted by Gasteiger charge is -2.06. The molecule has 1 rings (SSSR count). The summed E-state index contributed by atoms with van der Waals surface area (Å²) in [5.41, 5.74) is 6.74. The fourth-order valence-electron chi connectivity index (χ4n) is 1.07. The molecule has 0 aliphatic heterocycles. The van der Waals surface area contributed by atoms with E-state index in [2.05, 4.69) is 34.9 Å². The molecule has 0 unspecified atom stereocenters. The van der Waals surface area contributed by atoms with Crippen molar-refractivity contribution in [3.63, 3.8) is 0 Å². The van der Waals surface area contributed by atoms with Gasteiger partial charge in [0.25, 0.3) is 0 Å². The van der Waals surface area contributed by atoms with E-state index in [1.165, 1.54) is 0 Å². The Morgan fingerprint density at radius 3 is 2.50 bits per heavy atom. The molecule has 0 atom stereocenters. The van der Waals surface area contributed by atoms with Crippen LogP contribution in [0.1, 0.15) is 19.5 Å². The number of nitrogens with two attached hydrogens (primary N) is 1. The number of aromatic nitrogens is 2. The number of anilines is 1. The number of nitrogens with zero attached hydrogens (tertiary/aromatic N) is 2. The van der Waals surface area contributed by atoms with Gasteiger partial charge in [-0.15, -0.1) is 0 Å². The Morgan fingerprint density at radius 1 is 1.58 bits per heavy atom. The van der Waals surface area contributed by atoms with Crippen molar-refractivity contribution in [3.8, 4) is 0 Å². The van der Waals surface area contributed by atoms with Crippen molar-refractivity contribution in [1.29, 1.82) is 0 Å². The lowest BCUT2D eigenvalue weighted by atomic mass is 10.2. The van der Waals surface area contributed by atoms with Crippen molar-refractivity contribution in [2.24, 2.45) is 5.92 Å². The van der Waals surface area contributed by atoms with E-state index >= 15 is 0 Å². The van der Waals surface area contributed by atoms with Crippen LogP contribution in [0.3, 0.4) is 0 Å². The molecule has 4 heteroatoms. The first-order chi connectivity index (χ1) is 5.52. The highest BCUT2D eigenvalue weighted by Gasteiger charge is 2.09. The molecule has 0 fully saturated rings. The summed E-state index contributed by atoms with van der Waals surface area (Å²) in [6.45, 7) is 7.24. The molecular formula is C8H14BrN3. The summed E-state index contributed by atoms with van der Waals surface area (Å²) in [5, 5.41) is 4.20. The van der Waals surface area contributed by atoms with Crippen LogP contribution in [0, 0.1) is 12.8 Å². The van der Waals surface area contributed by atoms with E-state index in [1.54, 1.807) is 0 Å². The monoisotopic (exact) mass is 231 g/mol. The maximum Gasteiger partial charge on any atom is 0.160 e. The molecular weight excluding hydrogens is 218 g/mol. The van der Waals surface area contributed by atoms with Crippen LogP contribution in [-0.4, -0.2) is 9.78 Å². The summed E-state index contributed by atoms with van der Waals surface area (Å²) in [6.07, 6.45) is 0. The Morgan fingerprint density at radius 2 is 2.17 bits per heavy atom. The van der Waals surface area contributed by atoms with Crippen molar-refractivity contribution in [2.75, 3.05) is 5.73 Å². The van der Waals surface area contributed by atoms with Gasteiger partial charge in [0.15, 0.2) is 5.82 Å². The highest BCUT2D eigenvalue weighted by molar-refractivity contribution is 9.10. The Balaban J connectivity index is 2.93. The Bertz CT molecular complexity index is 278. The highest BCUT2D eigenvalue weighted by Crippen LogP contribution is 2.22. The second kappa shape index (κ2) is 3.47. The van der Waals surface area contributed by atoms with Crippen molar-refractivity contribution in [3.05, 3.63) is 10.2 Å². The lowest BCUT2D eigenvalue weighted by molar-refractivity contribution is 0.475. The molecule has 0 aromatic carbocycles. The van der Waals surface area contributed by atoms with Crippen LogP contribution in [0.25, 0.3) is 0 Å². The average molecular weight is 232 g/mol. The Kier molecular flexibility index (Phi) is 2.77. The first kappa shape index (κ1) is 9.58. The van der Waals surface area contributed by atoms with Gasteiger partial charge in [0.1, 0.15) is 0 Å². The van der Waals surface area contributed by atoms with Gasteiger partial charge < -0.3 is 5.73 Å². The van der Waals surface area contributed by atoms with E-state index in [9.17, 15) is 0 Å².